The molecular weight excluding hydrogens is 616 g/mol. The van der Waals surface area contributed by atoms with Gasteiger partial charge in [-0.2, -0.15) is 0 Å². The minimum atomic E-state index is -3.50. The number of benzene rings is 3. The van der Waals surface area contributed by atoms with E-state index in [9.17, 15) is 19.5 Å². The molecule has 246 valence electrons. The van der Waals surface area contributed by atoms with Crippen molar-refractivity contribution in [2.24, 2.45) is 5.92 Å². The monoisotopic (exact) mass is 656 g/mol. The zero-order valence-electron chi connectivity index (χ0n) is 27.1. The topological polar surface area (TPSA) is 115 Å². The second-order valence-electron chi connectivity index (χ2n) is 13.2. The highest BCUT2D eigenvalue weighted by Crippen LogP contribution is 2.60. The maximum absolute atomic E-state index is 16.2. The van der Waals surface area contributed by atoms with Crippen LogP contribution in [-0.2, 0) is 37.7 Å². The van der Waals surface area contributed by atoms with Gasteiger partial charge in [-0.25, -0.2) is 0 Å². The molecule has 6 rings (SSSR count). The lowest BCUT2D eigenvalue weighted by Gasteiger charge is -2.31. The van der Waals surface area contributed by atoms with Gasteiger partial charge >= 0.3 is 0 Å². The number of aliphatic hydroxyl groups is 1. The summed E-state index contributed by atoms with van der Waals surface area (Å²) >= 11 is 0. The SMILES string of the molecule is C[C@@H]1[C@@H]([Si](C)(C)F)[C@H](CC(=O)N(CCO)Cc2ccccc2)O[C@@]12C(=O)N(C)c1ccc(NC(=O)Cc3c[nH]c4ccccc34)cc12. The number of nitrogens with zero attached hydrogens (tertiary/aromatic N) is 2. The van der Waals surface area contributed by atoms with Crippen molar-refractivity contribution in [2.45, 2.75) is 56.7 Å². The third kappa shape index (κ3) is 5.99. The summed E-state index contributed by atoms with van der Waals surface area (Å²) in [5.41, 5.74) is 2.21. The molecule has 0 bridgehead atoms. The van der Waals surface area contributed by atoms with Crippen LogP contribution in [0, 0.1) is 5.92 Å². The van der Waals surface area contributed by atoms with E-state index in [2.05, 4.69) is 10.3 Å². The van der Waals surface area contributed by atoms with Gasteiger partial charge in [0.1, 0.15) is 0 Å². The molecule has 1 aromatic heterocycles. The fourth-order valence-corrected chi connectivity index (χ4v) is 10.1. The zero-order chi connectivity index (χ0) is 33.5. The van der Waals surface area contributed by atoms with E-state index < -0.39 is 31.6 Å². The summed E-state index contributed by atoms with van der Waals surface area (Å²) in [6.45, 7) is 5.21. The van der Waals surface area contributed by atoms with Crippen LogP contribution in [0.15, 0.2) is 79.0 Å². The van der Waals surface area contributed by atoms with Gasteiger partial charge in [0.25, 0.3) is 5.91 Å². The van der Waals surface area contributed by atoms with Gasteiger partial charge in [0.2, 0.25) is 20.2 Å². The van der Waals surface area contributed by atoms with Crippen LogP contribution in [0.4, 0.5) is 15.5 Å². The molecule has 3 N–H and O–H groups in total. The smallest absolute Gasteiger partial charge is 0.264 e. The molecule has 47 heavy (non-hydrogen) atoms. The molecule has 3 amide bonds. The van der Waals surface area contributed by atoms with E-state index in [1.807, 2.05) is 67.7 Å². The predicted octanol–water partition coefficient (Wildman–Crippen LogP) is 5.51. The van der Waals surface area contributed by atoms with Gasteiger partial charge in [0, 0.05) is 59.9 Å². The Morgan fingerprint density at radius 2 is 1.83 bits per heavy atom. The number of likely N-dealkylation sites (N-methyl/N-ethyl adjacent to an activating group) is 1. The number of fused-ring (bicyclic) bond motifs is 3. The molecule has 1 fully saturated rings. The van der Waals surface area contributed by atoms with Crippen molar-refractivity contribution >= 4 is 48.4 Å². The number of nitrogens with one attached hydrogen (secondary N) is 2. The van der Waals surface area contributed by atoms with Crippen molar-refractivity contribution in [1.29, 1.82) is 0 Å². The molecule has 1 spiro atoms. The van der Waals surface area contributed by atoms with Gasteiger partial charge in [0.15, 0.2) is 5.60 Å². The number of amides is 3. The summed E-state index contributed by atoms with van der Waals surface area (Å²) in [4.78, 5) is 47.3. The first-order chi connectivity index (χ1) is 22.4. The molecule has 0 unspecified atom stereocenters. The lowest BCUT2D eigenvalue weighted by Crippen LogP contribution is -2.44. The van der Waals surface area contributed by atoms with Gasteiger partial charge in [0.05, 0.1) is 31.2 Å². The number of aromatic nitrogens is 1. The van der Waals surface area contributed by atoms with Crippen LogP contribution in [0.25, 0.3) is 10.9 Å². The van der Waals surface area contributed by atoms with Gasteiger partial charge in [-0.05, 0) is 48.5 Å². The fraction of sp³-hybridized carbons (Fsp3) is 0.361. The Hall–Kier alpha value is -4.32. The third-order valence-corrected chi connectivity index (χ3v) is 12.2. The minimum absolute atomic E-state index is 0.119. The van der Waals surface area contributed by atoms with Crippen LogP contribution in [0.2, 0.25) is 18.6 Å². The number of H-pyrrole nitrogens is 1. The van der Waals surface area contributed by atoms with E-state index in [0.717, 1.165) is 22.0 Å². The van der Waals surface area contributed by atoms with Crippen molar-refractivity contribution in [1.82, 2.24) is 9.88 Å². The number of para-hydroxylation sites is 1. The Morgan fingerprint density at radius 3 is 2.55 bits per heavy atom. The number of hydrogen-bond acceptors (Lipinski definition) is 5. The van der Waals surface area contributed by atoms with Crippen LogP contribution in [0.3, 0.4) is 0 Å². The summed E-state index contributed by atoms with van der Waals surface area (Å²) in [6.07, 6.45) is 0.996. The number of hydrogen-bond donors (Lipinski definition) is 3. The van der Waals surface area contributed by atoms with Crippen molar-refractivity contribution in [3.63, 3.8) is 0 Å². The first-order valence-electron chi connectivity index (χ1n) is 16.0. The highest BCUT2D eigenvalue weighted by molar-refractivity contribution is 6.72. The lowest BCUT2D eigenvalue weighted by atomic mass is 9.82. The number of halogens is 1. The molecular formula is C36H41FN4O5Si. The van der Waals surface area contributed by atoms with Gasteiger partial charge < -0.3 is 34.1 Å². The number of carbonyl (C=O) groups is 3. The number of aromatic amines is 1. The standard InChI is InChI=1S/C36H41FN4O5Si/c1-23-34(47(3,4)37)31(20-33(44)41(16-17-42)22-24-10-6-5-7-11-24)46-36(23)28-19-26(14-15-30(28)40(2)35(36)45)39-32(43)18-25-21-38-29-13-9-8-12-27(25)29/h5-15,19,21,23,31,34,38,42H,16-18,20,22H2,1-4H3,(H,39,43)/t23-,31+,34-,36+/m1/s1. The van der Waals surface area contributed by atoms with Gasteiger partial charge in [-0.1, -0.05) is 55.5 Å². The van der Waals surface area contributed by atoms with Crippen LogP contribution in [0.1, 0.15) is 30.0 Å². The maximum atomic E-state index is 16.2. The Morgan fingerprint density at radius 1 is 1.11 bits per heavy atom. The van der Waals surface area contributed by atoms with Crippen LogP contribution >= 0.6 is 0 Å². The molecule has 0 aliphatic carbocycles. The summed E-state index contributed by atoms with van der Waals surface area (Å²) in [7, 11) is -1.84. The summed E-state index contributed by atoms with van der Waals surface area (Å²) in [5, 5.41) is 13.7. The Kier molecular flexibility index (Phi) is 8.81. The molecule has 2 aliphatic heterocycles. The van der Waals surface area contributed by atoms with Gasteiger partial charge in [-0.3, -0.25) is 14.4 Å². The van der Waals surface area contributed by atoms with E-state index >= 15 is 4.11 Å². The molecule has 4 atom stereocenters. The molecule has 1 saturated heterocycles. The zero-order valence-corrected chi connectivity index (χ0v) is 28.1. The molecule has 9 nitrogen and oxygen atoms in total. The lowest BCUT2D eigenvalue weighted by molar-refractivity contribution is -0.149. The van der Waals surface area contributed by atoms with Crippen molar-refractivity contribution in [3.8, 4) is 0 Å². The Bertz CT molecular complexity index is 1810. The average molecular weight is 657 g/mol. The largest absolute Gasteiger partial charge is 0.395 e. The van der Waals surface area contributed by atoms with E-state index in [1.165, 1.54) is 4.90 Å². The third-order valence-electron chi connectivity index (χ3n) is 9.72. The Labute approximate surface area is 274 Å². The summed E-state index contributed by atoms with van der Waals surface area (Å²) < 4.78 is 22.9. The average Bonchev–Trinajstić information content (AvgIpc) is 3.64. The number of carbonyl (C=O) groups excluding carboxylic acids is 3. The normalized spacial score (nSPS) is 22.2. The van der Waals surface area contributed by atoms with Gasteiger partial charge in [-0.15, -0.1) is 0 Å². The van der Waals surface area contributed by atoms with Crippen molar-refractivity contribution in [3.05, 3.63) is 95.7 Å². The first-order valence-corrected chi connectivity index (χ1v) is 19.0. The van der Waals surface area contributed by atoms with Crippen molar-refractivity contribution in [2.75, 3.05) is 30.4 Å². The second kappa shape index (κ2) is 12.7. The van der Waals surface area contributed by atoms with E-state index in [1.54, 1.807) is 43.2 Å². The van der Waals surface area contributed by atoms with E-state index in [0.29, 0.717) is 23.5 Å². The number of aliphatic hydroxyl groups excluding tert-OH is 1. The number of rotatable bonds is 10. The highest BCUT2D eigenvalue weighted by Gasteiger charge is 2.66. The molecule has 3 heterocycles. The molecule has 4 aromatic rings. The summed E-state index contributed by atoms with van der Waals surface area (Å²) in [5.74, 6) is -1.40. The second-order valence-corrected chi connectivity index (χ2v) is 17.0. The minimum Gasteiger partial charge on any atom is -0.395 e. The first kappa shape index (κ1) is 32.6. The van der Waals surface area contributed by atoms with Crippen LogP contribution in [-0.4, -0.2) is 67.4 Å². The number of anilines is 2. The van der Waals surface area contributed by atoms with Crippen LogP contribution in [0.5, 0.6) is 0 Å². The number of ether oxygens (including phenoxy) is 1. The fourth-order valence-electron chi connectivity index (χ4n) is 7.60. The molecule has 2 aliphatic rings. The van der Waals surface area contributed by atoms with Crippen LogP contribution < -0.4 is 10.2 Å². The Balaban J connectivity index is 1.28. The van der Waals surface area contributed by atoms with Crippen molar-refractivity contribution < 1.29 is 28.3 Å². The molecule has 3 aromatic carbocycles. The summed E-state index contributed by atoms with van der Waals surface area (Å²) in [6, 6.07) is 22.5. The predicted molar refractivity (Wildman–Crippen MR) is 182 cm³/mol. The molecule has 0 radical (unpaired) electrons. The quantitative estimate of drug-likeness (QED) is 0.154. The maximum Gasteiger partial charge on any atom is 0.264 e. The highest BCUT2D eigenvalue weighted by atomic mass is 28.4. The van der Waals surface area contributed by atoms with E-state index in [4.69, 9.17) is 4.74 Å². The molecule has 11 heteroatoms. The van der Waals surface area contributed by atoms with E-state index in [-0.39, 0.29) is 43.7 Å². The molecule has 0 saturated carbocycles.